The van der Waals surface area contributed by atoms with Gasteiger partial charge in [0, 0.05) is 16.7 Å². The van der Waals surface area contributed by atoms with Crippen LogP contribution in [0.1, 0.15) is 16.7 Å². The van der Waals surface area contributed by atoms with E-state index in [1.54, 1.807) is 0 Å². The summed E-state index contributed by atoms with van der Waals surface area (Å²) in [5.41, 5.74) is -0.610. The molecule has 134 valence electrons. The van der Waals surface area contributed by atoms with E-state index >= 15 is 0 Å². The van der Waals surface area contributed by atoms with Crippen molar-refractivity contribution in [3.8, 4) is 17.2 Å². The van der Waals surface area contributed by atoms with Crippen LogP contribution < -0.4 is 0 Å². The zero-order valence-electron chi connectivity index (χ0n) is 13.4. The zero-order chi connectivity index (χ0) is 18.9. The lowest BCUT2D eigenvalue weighted by Crippen LogP contribution is -2.38. The Hall–Kier alpha value is -3.03. The maximum Gasteiger partial charge on any atom is 0.283 e. The number of hydrogen-bond acceptors (Lipinski definition) is 5. The fourth-order valence-electron chi connectivity index (χ4n) is 3.17. The van der Waals surface area contributed by atoms with Gasteiger partial charge in [-0.1, -0.05) is 54.6 Å². The summed E-state index contributed by atoms with van der Waals surface area (Å²) in [6.45, 7) is 0. The lowest BCUT2D eigenvalue weighted by atomic mass is 9.82. The third-order valence-electron chi connectivity index (χ3n) is 4.24. The maximum atomic E-state index is 12.7. The second-order valence-electron chi connectivity index (χ2n) is 5.71. The summed E-state index contributed by atoms with van der Waals surface area (Å²) < 4.78 is 33.3. The third-order valence-corrected chi connectivity index (χ3v) is 5.67. The van der Waals surface area contributed by atoms with Gasteiger partial charge in [0.15, 0.2) is 4.75 Å². The van der Waals surface area contributed by atoms with Crippen molar-refractivity contribution >= 4 is 10.1 Å². The quantitative estimate of drug-likeness (QED) is 0.413. The number of phenolic OH excluding ortho intramolecular Hbond substituents is 3. The van der Waals surface area contributed by atoms with Crippen LogP contribution in [-0.2, 0) is 14.9 Å². The van der Waals surface area contributed by atoms with Crippen LogP contribution in [0.4, 0.5) is 0 Å². The molecule has 0 aliphatic rings. The number of rotatable bonds is 4. The predicted molar refractivity (Wildman–Crippen MR) is 95.8 cm³/mol. The molecule has 7 heteroatoms. The Kier molecular flexibility index (Phi) is 4.35. The highest BCUT2D eigenvalue weighted by atomic mass is 32.2. The normalized spacial score (nSPS) is 12.0. The van der Waals surface area contributed by atoms with Gasteiger partial charge in [-0.15, -0.1) is 0 Å². The Labute approximate surface area is 150 Å². The number of phenols is 3. The van der Waals surface area contributed by atoms with E-state index in [0.717, 1.165) is 0 Å². The smallest absolute Gasteiger partial charge is 0.283 e. The first-order valence-corrected chi connectivity index (χ1v) is 9.06. The summed E-state index contributed by atoms with van der Waals surface area (Å²) in [6.07, 6.45) is 0. The lowest BCUT2D eigenvalue weighted by molar-refractivity contribution is 0.418. The van der Waals surface area contributed by atoms with Crippen molar-refractivity contribution in [2.24, 2.45) is 0 Å². The van der Waals surface area contributed by atoms with Gasteiger partial charge in [-0.05, 0) is 18.2 Å². The number of para-hydroxylation sites is 3. The van der Waals surface area contributed by atoms with Gasteiger partial charge in [-0.3, -0.25) is 4.55 Å². The van der Waals surface area contributed by atoms with E-state index in [1.807, 2.05) is 0 Å². The molecule has 3 rings (SSSR count). The molecular formula is C19H16O6S. The van der Waals surface area contributed by atoms with Crippen LogP contribution in [0, 0.1) is 0 Å². The average molecular weight is 372 g/mol. The van der Waals surface area contributed by atoms with E-state index in [1.165, 1.54) is 72.8 Å². The monoisotopic (exact) mass is 372 g/mol. The second-order valence-corrected chi connectivity index (χ2v) is 7.27. The molecule has 0 spiro atoms. The highest BCUT2D eigenvalue weighted by Gasteiger charge is 2.52. The van der Waals surface area contributed by atoms with Crippen LogP contribution in [0.25, 0.3) is 0 Å². The van der Waals surface area contributed by atoms with Gasteiger partial charge in [-0.25, -0.2) is 0 Å². The Balaban J connectivity index is 2.60. The topological polar surface area (TPSA) is 115 Å². The average Bonchev–Trinajstić information content (AvgIpc) is 2.59. The molecule has 0 saturated carbocycles. The highest BCUT2D eigenvalue weighted by Crippen LogP contribution is 2.51. The standard InChI is InChI=1S/C19H16O6S/c20-16-10-4-1-7-13(16)19(26(23,24)25,14-8-2-5-11-17(14)21)15-9-3-6-12-18(15)22/h1-12,20-22H,(H,23,24,25). The van der Waals surface area contributed by atoms with Gasteiger partial charge in [0.05, 0.1) is 0 Å². The molecule has 0 fully saturated rings. The Morgan fingerprint density at radius 2 is 0.846 bits per heavy atom. The molecular weight excluding hydrogens is 356 g/mol. The summed E-state index contributed by atoms with van der Waals surface area (Å²) in [6, 6.07) is 16.6. The van der Waals surface area contributed by atoms with Crippen molar-refractivity contribution in [2.45, 2.75) is 4.75 Å². The molecule has 0 aromatic heterocycles. The molecule has 4 N–H and O–H groups in total. The SMILES string of the molecule is O=S(=O)(O)C(c1ccccc1O)(c1ccccc1O)c1ccccc1O. The van der Waals surface area contributed by atoms with Gasteiger partial charge in [0.25, 0.3) is 10.1 Å². The zero-order valence-corrected chi connectivity index (χ0v) is 14.3. The van der Waals surface area contributed by atoms with E-state index in [0.29, 0.717) is 0 Å². The molecule has 0 aliphatic heterocycles. The van der Waals surface area contributed by atoms with Crippen molar-refractivity contribution < 1.29 is 28.3 Å². The van der Waals surface area contributed by atoms with Gasteiger partial charge in [0.1, 0.15) is 17.2 Å². The first kappa shape index (κ1) is 17.8. The number of hydrogen-bond donors (Lipinski definition) is 4. The summed E-state index contributed by atoms with van der Waals surface area (Å²) in [5, 5.41) is 31.1. The minimum Gasteiger partial charge on any atom is -0.508 e. The molecule has 0 bridgehead atoms. The van der Waals surface area contributed by atoms with Crippen molar-refractivity contribution in [3.05, 3.63) is 89.5 Å². The van der Waals surface area contributed by atoms with Crippen molar-refractivity contribution in [1.29, 1.82) is 0 Å². The Bertz CT molecular complexity index is 948. The lowest BCUT2D eigenvalue weighted by Gasteiger charge is -2.33. The van der Waals surface area contributed by atoms with E-state index in [4.69, 9.17) is 0 Å². The van der Waals surface area contributed by atoms with Crippen LogP contribution >= 0.6 is 0 Å². The third kappa shape index (κ3) is 2.58. The first-order valence-electron chi connectivity index (χ1n) is 7.62. The van der Waals surface area contributed by atoms with Crippen LogP contribution in [0.2, 0.25) is 0 Å². The van der Waals surface area contributed by atoms with Gasteiger partial charge >= 0.3 is 0 Å². The molecule has 0 amide bonds. The molecule has 0 aliphatic carbocycles. The summed E-state index contributed by atoms with van der Waals surface area (Å²) in [5.74, 6) is -1.26. The Morgan fingerprint density at radius 1 is 0.577 bits per heavy atom. The van der Waals surface area contributed by atoms with Crippen molar-refractivity contribution in [1.82, 2.24) is 0 Å². The fraction of sp³-hybridized carbons (Fsp3) is 0.0526. The van der Waals surface area contributed by atoms with Gasteiger partial charge < -0.3 is 15.3 Å². The van der Waals surface area contributed by atoms with Crippen LogP contribution in [0.3, 0.4) is 0 Å². The van der Waals surface area contributed by atoms with E-state index in [9.17, 15) is 28.3 Å². The molecule has 0 atom stereocenters. The molecule has 0 saturated heterocycles. The highest BCUT2D eigenvalue weighted by molar-refractivity contribution is 7.87. The predicted octanol–water partition coefficient (Wildman–Crippen LogP) is 2.98. The Morgan fingerprint density at radius 3 is 1.08 bits per heavy atom. The fourth-order valence-corrected chi connectivity index (χ4v) is 4.52. The number of benzene rings is 3. The van der Waals surface area contributed by atoms with E-state index in [2.05, 4.69) is 0 Å². The number of aromatic hydroxyl groups is 3. The molecule has 3 aromatic carbocycles. The molecule has 0 unspecified atom stereocenters. The summed E-state index contributed by atoms with van der Waals surface area (Å²) in [7, 11) is -5.03. The molecule has 3 aromatic rings. The van der Waals surface area contributed by atoms with Crippen molar-refractivity contribution in [2.75, 3.05) is 0 Å². The molecule has 0 heterocycles. The van der Waals surface area contributed by atoms with Crippen LogP contribution in [0.5, 0.6) is 17.2 Å². The largest absolute Gasteiger partial charge is 0.508 e. The van der Waals surface area contributed by atoms with Crippen molar-refractivity contribution in [3.63, 3.8) is 0 Å². The second kappa shape index (κ2) is 6.36. The van der Waals surface area contributed by atoms with Gasteiger partial charge in [-0.2, -0.15) is 8.42 Å². The van der Waals surface area contributed by atoms with E-state index in [-0.39, 0.29) is 16.7 Å². The minimum absolute atomic E-state index is 0.203. The molecule has 26 heavy (non-hydrogen) atoms. The summed E-state index contributed by atoms with van der Waals surface area (Å²) >= 11 is 0. The molecule has 6 nitrogen and oxygen atoms in total. The van der Waals surface area contributed by atoms with E-state index < -0.39 is 32.1 Å². The van der Waals surface area contributed by atoms with Crippen LogP contribution in [-0.4, -0.2) is 28.3 Å². The van der Waals surface area contributed by atoms with Crippen LogP contribution in [0.15, 0.2) is 72.8 Å². The van der Waals surface area contributed by atoms with Gasteiger partial charge in [0.2, 0.25) is 0 Å². The molecule has 0 radical (unpaired) electrons. The first-order chi connectivity index (χ1) is 12.3. The minimum atomic E-state index is -5.03. The summed E-state index contributed by atoms with van der Waals surface area (Å²) in [4.78, 5) is 0. The maximum absolute atomic E-state index is 12.7.